The van der Waals surface area contributed by atoms with E-state index in [2.05, 4.69) is 10.6 Å². The molecule has 0 saturated heterocycles. The lowest BCUT2D eigenvalue weighted by Gasteiger charge is -2.16. The molecule has 1 atom stereocenters. The van der Waals surface area contributed by atoms with Crippen molar-refractivity contribution < 1.29 is 28.6 Å². The van der Waals surface area contributed by atoms with Crippen LogP contribution in [0.1, 0.15) is 46.4 Å². The predicted molar refractivity (Wildman–Crippen MR) is 132 cm³/mol. The lowest BCUT2D eigenvalue weighted by molar-refractivity contribution is -0.125. The van der Waals surface area contributed by atoms with Crippen molar-refractivity contribution in [1.29, 1.82) is 0 Å². The number of thiocarbonyl (C=S) groups is 1. The molecular formula is C21H22Cl2N2O6S2. The minimum atomic E-state index is -0.951. The molecule has 1 amide bonds. The van der Waals surface area contributed by atoms with Crippen LogP contribution in [0.3, 0.4) is 0 Å². The van der Waals surface area contributed by atoms with Crippen molar-refractivity contribution in [1.82, 2.24) is 5.32 Å². The van der Waals surface area contributed by atoms with Gasteiger partial charge in [-0.1, -0.05) is 23.2 Å². The van der Waals surface area contributed by atoms with Crippen molar-refractivity contribution in [3.63, 3.8) is 0 Å². The summed E-state index contributed by atoms with van der Waals surface area (Å²) in [7, 11) is 0. The van der Waals surface area contributed by atoms with Gasteiger partial charge in [0.25, 0.3) is 5.91 Å². The minimum absolute atomic E-state index is 0.0974. The zero-order valence-electron chi connectivity index (χ0n) is 18.2. The highest BCUT2D eigenvalue weighted by Crippen LogP contribution is 2.34. The molecule has 2 N–H and O–H groups in total. The van der Waals surface area contributed by atoms with E-state index in [4.69, 9.17) is 49.6 Å². The highest BCUT2D eigenvalue weighted by molar-refractivity contribution is 7.80. The molecule has 33 heavy (non-hydrogen) atoms. The lowest BCUT2D eigenvalue weighted by Crippen LogP contribution is -2.42. The number of halogens is 2. The molecule has 0 aliphatic carbocycles. The summed E-state index contributed by atoms with van der Waals surface area (Å²) in [6, 6.07) is 4.62. The van der Waals surface area contributed by atoms with Gasteiger partial charge in [-0.25, -0.2) is 9.59 Å². The molecule has 8 nitrogen and oxygen atoms in total. The van der Waals surface area contributed by atoms with Crippen LogP contribution in [0.15, 0.2) is 18.2 Å². The second-order valence-electron chi connectivity index (χ2n) is 6.48. The van der Waals surface area contributed by atoms with Gasteiger partial charge < -0.3 is 19.5 Å². The third-order valence-electron chi connectivity index (χ3n) is 4.12. The maximum Gasteiger partial charge on any atom is 0.348 e. The first-order valence-corrected chi connectivity index (χ1v) is 11.8. The minimum Gasteiger partial charge on any atom is -0.479 e. The molecule has 1 aromatic carbocycles. The summed E-state index contributed by atoms with van der Waals surface area (Å²) in [5.41, 5.74) is 0.529. The van der Waals surface area contributed by atoms with Crippen LogP contribution in [0, 0.1) is 6.92 Å². The number of hydrogen-bond donors (Lipinski definition) is 2. The van der Waals surface area contributed by atoms with E-state index in [0.717, 1.165) is 11.3 Å². The van der Waals surface area contributed by atoms with Crippen LogP contribution in [0.4, 0.5) is 5.00 Å². The number of amides is 1. The molecule has 0 fully saturated rings. The number of anilines is 1. The van der Waals surface area contributed by atoms with Crippen LogP contribution in [-0.2, 0) is 14.3 Å². The van der Waals surface area contributed by atoms with E-state index >= 15 is 0 Å². The third kappa shape index (κ3) is 7.04. The maximum atomic E-state index is 12.5. The fourth-order valence-corrected chi connectivity index (χ4v) is 4.42. The second kappa shape index (κ2) is 12.2. The fourth-order valence-electron chi connectivity index (χ4n) is 2.60. The summed E-state index contributed by atoms with van der Waals surface area (Å²) in [4.78, 5) is 37.5. The predicted octanol–water partition coefficient (Wildman–Crippen LogP) is 5.00. The number of ether oxygens (including phenoxy) is 3. The van der Waals surface area contributed by atoms with Crippen molar-refractivity contribution in [2.45, 2.75) is 33.8 Å². The molecule has 12 heteroatoms. The molecule has 1 heterocycles. The van der Waals surface area contributed by atoms with Gasteiger partial charge in [0.15, 0.2) is 11.2 Å². The van der Waals surface area contributed by atoms with Crippen LogP contribution < -0.4 is 15.4 Å². The summed E-state index contributed by atoms with van der Waals surface area (Å²) in [6.45, 7) is 6.79. The SMILES string of the molecule is CCOC(=O)c1sc(NC(=S)NC(=O)C(C)Oc2ccc(Cl)cc2Cl)c(C(=O)OCC)c1C. The highest BCUT2D eigenvalue weighted by atomic mass is 35.5. The molecule has 2 aromatic rings. The number of hydrogen-bond acceptors (Lipinski definition) is 8. The molecule has 0 radical (unpaired) electrons. The smallest absolute Gasteiger partial charge is 0.348 e. The van der Waals surface area contributed by atoms with Crippen molar-refractivity contribution in [3.8, 4) is 5.75 Å². The highest BCUT2D eigenvalue weighted by Gasteiger charge is 2.27. The number of carbonyl (C=O) groups excluding carboxylic acids is 3. The normalized spacial score (nSPS) is 11.3. The van der Waals surface area contributed by atoms with Crippen LogP contribution in [0.25, 0.3) is 0 Å². The van der Waals surface area contributed by atoms with Gasteiger partial charge in [-0.15, -0.1) is 11.3 Å². The Bertz CT molecular complexity index is 1070. The molecule has 0 spiro atoms. The first-order valence-electron chi connectivity index (χ1n) is 9.80. The molecule has 1 unspecified atom stereocenters. The van der Waals surface area contributed by atoms with E-state index in [1.807, 2.05) is 0 Å². The van der Waals surface area contributed by atoms with Gasteiger partial charge in [-0.3, -0.25) is 10.1 Å². The number of thiophene rings is 1. The van der Waals surface area contributed by atoms with Gasteiger partial charge >= 0.3 is 11.9 Å². The number of carbonyl (C=O) groups is 3. The van der Waals surface area contributed by atoms with E-state index < -0.39 is 23.9 Å². The topological polar surface area (TPSA) is 103 Å². The summed E-state index contributed by atoms with van der Waals surface area (Å²) in [5, 5.41) is 6.10. The molecule has 2 rings (SSSR count). The van der Waals surface area contributed by atoms with Crippen molar-refractivity contribution in [3.05, 3.63) is 44.2 Å². The average Bonchev–Trinajstić information content (AvgIpc) is 3.06. The first kappa shape index (κ1) is 26.8. The third-order valence-corrected chi connectivity index (χ3v) is 6.04. The van der Waals surface area contributed by atoms with Gasteiger partial charge in [0, 0.05) is 5.02 Å². The van der Waals surface area contributed by atoms with Crippen LogP contribution in [0.2, 0.25) is 10.0 Å². The van der Waals surface area contributed by atoms with Crippen LogP contribution >= 0.6 is 46.8 Å². The Morgan fingerprint density at radius 1 is 1.12 bits per heavy atom. The molecular weight excluding hydrogens is 511 g/mol. The number of rotatable bonds is 8. The number of benzene rings is 1. The average molecular weight is 533 g/mol. The molecule has 0 bridgehead atoms. The van der Waals surface area contributed by atoms with Crippen LogP contribution in [0.5, 0.6) is 5.75 Å². The van der Waals surface area contributed by atoms with Gasteiger partial charge in [0.1, 0.15) is 15.6 Å². The molecule has 1 aromatic heterocycles. The van der Waals surface area contributed by atoms with E-state index in [9.17, 15) is 14.4 Å². The number of esters is 2. The van der Waals surface area contributed by atoms with Gasteiger partial charge in [-0.05, 0) is 63.7 Å². The number of nitrogens with one attached hydrogen (secondary N) is 2. The Labute approximate surface area is 210 Å². The van der Waals surface area contributed by atoms with E-state index in [1.165, 1.54) is 13.0 Å². The maximum absolute atomic E-state index is 12.5. The quantitative estimate of drug-likeness (QED) is 0.361. The van der Waals surface area contributed by atoms with Crippen LogP contribution in [-0.4, -0.2) is 42.3 Å². The zero-order valence-corrected chi connectivity index (χ0v) is 21.4. The molecule has 0 saturated carbocycles. The Morgan fingerprint density at radius 2 is 1.76 bits per heavy atom. The Kier molecular flexibility index (Phi) is 9.90. The van der Waals surface area contributed by atoms with E-state index in [0.29, 0.717) is 10.6 Å². The molecule has 0 aliphatic rings. The largest absolute Gasteiger partial charge is 0.479 e. The van der Waals surface area contributed by atoms with Gasteiger partial charge in [0.05, 0.1) is 23.8 Å². The summed E-state index contributed by atoms with van der Waals surface area (Å²) < 4.78 is 15.7. The standard InChI is InChI=1S/C21H22Cl2N2O6S2/c1-5-29-19(27)15-10(3)16(20(28)30-6-2)33-18(15)25-21(32)24-17(26)11(4)31-14-8-7-12(22)9-13(14)23/h7-9,11H,5-6H2,1-4H3,(H2,24,25,26,32). The van der Waals surface area contributed by atoms with Gasteiger partial charge in [0.2, 0.25) is 0 Å². The summed E-state index contributed by atoms with van der Waals surface area (Å²) in [5.74, 6) is -1.49. The zero-order chi connectivity index (χ0) is 24.7. The Morgan fingerprint density at radius 3 is 2.36 bits per heavy atom. The first-order chi connectivity index (χ1) is 15.6. The van der Waals surface area contributed by atoms with E-state index in [1.54, 1.807) is 32.9 Å². The van der Waals surface area contributed by atoms with E-state index in [-0.39, 0.29) is 44.5 Å². The summed E-state index contributed by atoms with van der Waals surface area (Å²) in [6.07, 6.45) is -0.951. The monoisotopic (exact) mass is 532 g/mol. The molecule has 0 aliphatic heterocycles. The lowest BCUT2D eigenvalue weighted by atomic mass is 10.1. The van der Waals surface area contributed by atoms with Gasteiger partial charge in [-0.2, -0.15) is 0 Å². The van der Waals surface area contributed by atoms with Crippen molar-refractivity contribution in [2.75, 3.05) is 18.5 Å². The summed E-state index contributed by atoms with van der Waals surface area (Å²) >= 11 is 18.1. The second-order valence-corrected chi connectivity index (χ2v) is 8.75. The van der Waals surface area contributed by atoms with Crippen molar-refractivity contribution in [2.24, 2.45) is 0 Å². The fraction of sp³-hybridized carbons (Fsp3) is 0.333. The van der Waals surface area contributed by atoms with Crippen molar-refractivity contribution >= 4 is 74.7 Å². The Balaban J connectivity index is 2.15. The Hall–Kier alpha value is -2.40. The molecule has 178 valence electrons.